The zero-order chi connectivity index (χ0) is 14.9. The van der Waals surface area contributed by atoms with E-state index in [1.807, 2.05) is 0 Å². The molecule has 2 rings (SSSR count). The van der Waals surface area contributed by atoms with Gasteiger partial charge < -0.3 is 10.6 Å². The lowest BCUT2D eigenvalue weighted by Crippen LogP contribution is -2.42. The number of hydrogen-bond acceptors (Lipinski definition) is 2. The summed E-state index contributed by atoms with van der Waals surface area (Å²) in [7, 11) is 0. The average molecular weight is 319 g/mol. The quantitative estimate of drug-likeness (QED) is 0.907. The van der Waals surface area contributed by atoms with Gasteiger partial charge in [0.05, 0.1) is 5.92 Å². The van der Waals surface area contributed by atoms with Crippen LogP contribution >= 0.6 is 12.4 Å². The van der Waals surface area contributed by atoms with Gasteiger partial charge in [0.15, 0.2) is 0 Å². The summed E-state index contributed by atoms with van der Waals surface area (Å²) >= 11 is 0. The van der Waals surface area contributed by atoms with Crippen LogP contribution in [0.3, 0.4) is 0 Å². The second kappa shape index (κ2) is 7.18. The molecule has 2 N–H and O–H groups in total. The number of rotatable bonds is 5. The van der Waals surface area contributed by atoms with Crippen molar-refractivity contribution in [2.75, 3.05) is 0 Å². The molecule has 3 nitrogen and oxygen atoms in total. The minimum absolute atomic E-state index is 0. The first-order valence-electron chi connectivity index (χ1n) is 6.90. The van der Waals surface area contributed by atoms with Crippen molar-refractivity contribution >= 4 is 18.3 Å². The predicted molar refractivity (Wildman–Crippen MR) is 80.0 cm³/mol. The molecule has 0 saturated heterocycles. The summed E-state index contributed by atoms with van der Waals surface area (Å²) in [5.41, 5.74) is 6.10. The SMILES string of the molecule is CC(N)C(C)C(=O)N(Cc1ccc(F)cc1F)C1CC1.Cl. The fourth-order valence-electron chi connectivity index (χ4n) is 2.09. The molecule has 0 aliphatic heterocycles. The molecular weight excluding hydrogens is 298 g/mol. The van der Waals surface area contributed by atoms with Crippen molar-refractivity contribution in [1.82, 2.24) is 4.90 Å². The van der Waals surface area contributed by atoms with Gasteiger partial charge in [-0.15, -0.1) is 12.4 Å². The molecular formula is C15H21ClF2N2O. The molecule has 1 aliphatic rings. The van der Waals surface area contributed by atoms with Crippen LogP contribution in [0, 0.1) is 17.6 Å². The van der Waals surface area contributed by atoms with E-state index in [2.05, 4.69) is 0 Å². The molecule has 1 aromatic carbocycles. The average Bonchev–Trinajstić information content (AvgIpc) is 3.20. The number of benzene rings is 1. The highest BCUT2D eigenvalue weighted by atomic mass is 35.5. The van der Waals surface area contributed by atoms with E-state index >= 15 is 0 Å². The number of nitrogens with zero attached hydrogens (tertiary/aromatic N) is 1. The number of carbonyl (C=O) groups excluding carboxylic acids is 1. The summed E-state index contributed by atoms with van der Waals surface area (Å²) in [5.74, 6) is -1.60. The first-order chi connectivity index (χ1) is 9.40. The maximum Gasteiger partial charge on any atom is 0.227 e. The monoisotopic (exact) mass is 318 g/mol. The van der Waals surface area contributed by atoms with Crippen LogP contribution in [0.4, 0.5) is 8.78 Å². The molecule has 0 heterocycles. The molecule has 1 aromatic rings. The predicted octanol–water partition coefficient (Wildman–Crippen LogP) is 2.86. The molecule has 1 saturated carbocycles. The molecule has 1 aliphatic carbocycles. The molecule has 21 heavy (non-hydrogen) atoms. The van der Waals surface area contributed by atoms with Crippen LogP contribution in [-0.4, -0.2) is 22.9 Å². The number of hydrogen-bond donors (Lipinski definition) is 1. The number of nitrogens with two attached hydrogens (primary N) is 1. The van der Waals surface area contributed by atoms with E-state index in [1.165, 1.54) is 12.1 Å². The van der Waals surface area contributed by atoms with Crippen molar-refractivity contribution in [2.24, 2.45) is 11.7 Å². The largest absolute Gasteiger partial charge is 0.335 e. The van der Waals surface area contributed by atoms with Gasteiger partial charge in [-0.25, -0.2) is 8.78 Å². The van der Waals surface area contributed by atoms with Crippen molar-refractivity contribution in [3.05, 3.63) is 35.4 Å². The summed E-state index contributed by atoms with van der Waals surface area (Å²) in [6, 6.07) is 3.36. The maximum atomic E-state index is 13.7. The zero-order valence-corrected chi connectivity index (χ0v) is 13.0. The van der Waals surface area contributed by atoms with Gasteiger partial charge >= 0.3 is 0 Å². The third-order valence-electron chi connectivity index (χ3n) is 3.80. The Bertz CT molecular complexity index is 506. The third-order valence-corrected chi connectivity index (χ3v) is 3.80. The van der Waals surface area contributed by atoms with Crippen LogP contribution in [0.15, 0.2) is 18.2 Å². The molecule has 6 heteroatoms. The van der Waals surface area contributed by atoms with Crippen LogP contribution in [0.1, 0.15) is 32.3 Å². The Morgan fingerprint density at radius 2 is 2.00 bits per heavy atom. The molecule has 118 valence electrons. The van der Waals surface area contributed by atoms with Gasteiger partial charge in [0, 0.05) is 30.3 Å². The standard InChI is InChI=1S/C15H20F2N2O.ClH/c1-9(10(2)18)15(20)19(13-5-6-13)8-11-3-4-12(16)7-14(11)17;/h3-4,7,9-10,13H,5-6,8,18H2,1-2H3;1H. The lowest BCUT2D eigenvalue weighted by molar-refractivity contribution is -0.136. The Morgan fingerprint density at radius 3 is 2.48 bits per heavy atom. The first kappa shape index (κ1) is 17.9. The second-order valence-electron chi connectivity index (χ2n) is 5.58. The van der Waals surface area contributed by atoms with Gasteiger partial charge in [-0.3, -0.25) is 4.79 Å². The topological polar surface area (TPSA) is 46.3 Å². The van der Waals surface area contributed by atoms with Crippen LogP contribution in [0.25, 0.3) is 0 Å². The van der Waals surface area contributed by atoms with Crippen molar-refractivity contribution in [3.63, 3.8) is 0 Å². The highest BCUT2D eigenvalue weighted by Crippen LogP contribution is 2.30. The third kappa shape index (κ3) is 4.38. The van der Waals surface area contributed by atoms with Crippen LogP contribution in [-0.2, 0) is 11.3 Å². The molecule has 1 amide bonds. The van der Waals surface area contributed by atoms with Crippen molar-refractivity contribution in [1.29, 1.82) is 0 Å². The van der Waals surface area contributed by atoms with Crippen LogP contribution in [0.5, 0.6) is 0 Å². The minimum atomic E-state index is -0.614. The fraction of sp³-hybridized carbons (Fsp3) is 0.533. The molecule has 1 fully saturated rings. The van der Waals surface area contributed by atoms with Gasteiger partial charge in [0.25, 0.3) is 0 Å². The van der Waals surface area contributed by atoms with E-state index in [0.717, 1.165) is 18.9 Å². The molecule has 0 bridgehead atoms. The molecule has 0 aromatic heterocycles. The van der Waals surface area contributed by atoms with E-state index in [1.54, 1.807) is 18.7 Å². The van der Waals surface area contributed by atoms with Gasteiger partial charge in [-0.1, -0.05) is 13.0 Å². The number of halogens is 3. The lowest BCUT2D eigenvalue weighted by atomic mass is 10.0. The van der Waals surface area contributed by atoms with Crippen LogP contribution in [0.2, 0.25) is 0 Å². The number of carbonyl (C=O) groups is 1. The summed E-state index contributed by atoms with van der Waals surface area (Å²) < 4.78 is 26.6. The first-order valence-corrected chi connectivity index (χ1v) is 6.90. The Balaban J connectivity index is 0.00000220. The van der Waals surface area contributed by atoms with Gasteiger partial charge in [0.2, 0.25) is 5.91 Å². The zero-order valence-electron chi connectivity index (χ0n) is 12.2. The molecule has 0 radical (unpaired) electrons. The Kier molecular flexibility index (Phi) is 6.10. The van der Waals surface area contributed by atoms with Gasteiger partial charge in [-0.05, 0) is 25.8 Å². The minimum Gasteiger partial charge on any atom is -0.335 e. The van der Waals surface area contributed by atoms with Gasteiger partial charge in [-0.2, -0.15) is 0 Å². The van der Waals surface area contributed by atoms with Crippen molar-refractivity contribution in [3.8, 4) is 0 Å². The molecule has 2 unspecified atom stereocenters. The highest BCUT2D eigenvalue weighted by Gasteiger charge is 2.35. The summed E-state index contributed by atoms with van der Waals surface area (Å²) in [5, 5.41) is 0. The van der Waals surface area contributed by atoms with E-state index < -0.39 is 11.6 Å². The van der Waals surface area contributed by atoms with Crippen molar-refractivity contribution in [2.45, 2.75) is 45.3 Å². The summed E-state index contributed by atoms with van der Waals surface area (Å²) in [4.78, 5) is 14.1. The normalized spacial score (nSPS) is 16.8. The van der Waals surface area contributed by atoms with Crippen LogP contribution < -0.4 is 5.73 Å². The second-order valence-corrected chi connectivity index (χ2v) is 5.58. The smallest absolute Gasteiger partial charge is 0.227 e. The maximum absolute atomic E-state index is 13.7. The van der Waals surface area contributed by atoms with Crippen molar-refractivity contribution < 1.29 is 13.6 Å². The summed E-state index contributed by atoms with van der Waals surface area (Å²) in [6.45, 7) is 3.74. The van der Waals surface area contributed by atoms with Gasteiger partial charge in [0.1, 0.15) is 11.6 Å². The highest BCUT2D eigenvalue weighted by molar-refractivity contribution is 5.85. The lowest BCUT2D eigenvalue weighted by Gasteiger charge is -2.27. The Morgan fingerprint density at radius 1 is 1.38 bits per heavy atom. The Labute approximate surface area is 129 Å². The fourth-order valence-corrected chi connectivity index (χ4v) is 2.09. The van der Waals surface area contributed by atoms with E-state index in [9.17, 15) is 13.6 Å². The number of amides is 1. The molecule has 2 atom stereocenters. The van der Waals surface area contributed by atoms with E-state index in [0.29, 0.717) is 5.56 Å². The van der Waals surface area contributed by atoms with E-state index in [4.69, 9.17) is 5.73 Å². The summed E-state index contributed by atoms with van der Waals surface area (Å²) in [6.07, 6.45) is 1.86. The Hall–Kier alpha value is -1.20. The van der Waals surface area contributed by atoms with E-state index in [-0.39, 0.29) is 42.9 Å². The molecule has 0 spiro atoms.